The van der Waals surface area contributed by atoms with Gasteiger partial charge in [-0.05, 0) is 66.7 Å². The van der Waals surface area contributed by atoms with Crippen LogP contribution < -0.4 is 9.47 Å². The number of methoxy groups -OCH3 is 1. The smallest absolute Gasteiger partial charge is 0.337 e. The van der Waals surface area contributed by atoms with Crippen molar-refractivity contribution in [3.05, 3.63) is 58.5 Å². The van der Waals surface area contributed by atoms with Crippen LogP contribution in [0.1, 0.15) is 22.8 Å². The Bertz CT molecular complexity index is 1120. The minimum absolute atomic E-state index is 0.139. The van der Waals surface area contributed by atoms with Gasteiger partial charge >= 0.3 is 5.97 Å². The second-order valence-corrected chi connectivity index (χ2v) is 7.55. The minimum atomic E-state index is -0.418. The Morgan fingerprint density at radius 2 is 1.94 bits per heavy atom. The van der Waals surface area contributed by atoms with Crippen molar-refractivity contribution < 1.29 is 23.8 Å². The molecule has 3 rings (SSSR count). The van der Waals surface area contributed by atoms with Crippen LogP contribution in [-0.2, 0) is 9.53 Å². The molecule has 1 fully saturated rings. The average Bonchev–Trinajstić information content (AvgIpc) is 3.06. The van der Waals surface area contributed by atoms with E-state index in [0.29, 0.717) is 39.4 Å². The first-order valence-electron chi connectivity index (χ1n) is 9.74. The number of hydrogen-bond acceptors (Lipinski definition) is 7. The van der Waals surface area contributed by atoms with Gasteiger partial charge in [-0.15, -0.1) is 6.42 Å². The average molecular weight is 451 g/mol. The first-order valence-corrected chi connectivity index (χ1v) is 10.6. The van der Waals surface area contributed by atoms with Crippen LogP contribution in [0.15, 0.2) is 52.4 Å². The molecule has 2 aromatic rings. The van der Waals surface area contributed by atoms with E-state index >= 15 is 0 Å². The van der Waals surface area contributed by atoms with Crippen molar-refractivity contribution in [2.75, 3.05) is 27.4 Å². The van der Waals surface area contributed by atoms with Gasteiger partial charge in [0.05, 0.1) is 29.9 Å². The topological polar surface area (TPSA) is 77.4 Å². The second kappa shape index (κ2) is 10.6. The highest BCUT2D eigenvalue weighted by atomic mass is 32.2. The van der Waals surface area contributed by atoms with Crippen molar-refractivity contribution in [2.24, 2.45) is 4.99 Å². The summed E-state index contributed by atoms with van der Waals surface area (Å²) < 4.78 is 15.8. The summed E-state index contributed by atoms with van der Waals surface area (Å²) in [5.74, 6) is 2.95. The first-order chi connectivity index (χ1) is 15.5. The van der Waals surface area contributed by atoms with E-state index in [2.05, 4.69) is 10.9 Å². The van der Waals surface area contributed by atoms with Gasteiger partial charge in [0.25, 0.3) is 5.91 Å². The molecule has 0 saturated carbocycles. The molecule has 0 aliphatic carbocycles. The molecule has 1 aliphatic heterocycles. The van der Waals surface area contributed by atoms with Crippen molar-refractivity contribution in [1.29, 1.82) is 0 Å². The van der Waals surface area contributed by atoms with Gasteiger partial charge in [-0.25, -0.2) is 9.79 Å². The largest absolute Gasteiger partial charge is 0.490 e. The molecule has 1 aliphatic rings. The summed E-state index contributed by atoms with van der Waals surface area (Å²) >= 11 is 1.27. The maximum Gasteiger partial charge on any atom is 0.337 e. The molecule has 7 nitrogen and oxygen atoms in total. The maximum atomic E-state index is 12.7. The molecular weight excluding hydrogens is 428 g/mol. The summed E-state index contributed by atoms with van der Waals surface area (Å²) in [6.45, 7) is 2.48. The fourth-order valence-electron chi connectivity index (χ4n) is 2.82. The molecule has 0 bridgehead atoms. The number of rotatable bonds is 7. The van der Waals surface area contributed by atoms with E-state index in [1.165, 1.54) is 23.8 Å². The van der Waals surface area contributed by atoms with Crippen LogP contribution in [0.25, 0.3) is 6.08 Å². The van der Waals surface area contributed by atoms with Crippen LogP contribution in [-0.4, -0.2) is 49.3 Å². The zero-order chi connectivity index (χ0) is 23.1. The first kappa shape index (κ1) is 23.0. The van der Waals surface area contributed by atoms with Gasteiger partial charge in [0.1, 0.15) is 6.61 Å². The summed E-state index contributed by atoms with van der Waals surface area (Å²) in [6.07, 6.45) is 7.04. The Morgan fingerprint density at radius 3 is 2.59 bits per heavy atom. The number of carbonyl (C=O) groups is 2. The molecule has 8 heteroatoms. The molecular formula is C24H22N2O5S. The Morgan fingerprint density at radius 1 is 1.19 bits per heavy atom. The van der Waals surface area contributed by atoms with Gasteiger partial charge in [-0.2, -0.15) is 0 Å². The summed E-state index contributed by atoms with van der Waals surface area (Å²) in [5, 5.41) is 0.533. The van der Waals surface area contributed by atoms with E-state index in [-0.39, 0.29) is 12.5 Å². The highest BCUT2D eigenvalue weighted by molar-refractivity contribution is 8.18. The van der Waals surface area contributed by atoms with E-state index < -0.39 is 5.97 Å². The van der Waals surface area contributed by atoms with E-state index in [0.717, 1.165) is 5.56 Å². The Balaban J connectivity index is 1.83. The molecule has 32 heavy (non-hydrogen) atoms. The highest BCUT2D eigenvalue weighted by Gasteiger charge is 2.30. The molecule has 0 atom stereocenters. The van der Waals surface area contributed by atoms with Crippen molar-refractivity contribution in [2.45, 2.75) is 6.92 Å². The predicted octanol–water partition coefficient (Wildman–Crippen LogP) is 4.12. The lowest BCUT2D eigenvalue weighted by molar-refractivity contribution is -0.121. The molecule has 164 valence electrons. The Kier molecular flexibility index (Phi) is 7.58. The van der Waals surface area contributed by atoms with Crippen molar-refractivity contribution in [3.8, 4) is 23.8 Å². The van der Waals surface area contributed by atoms with E-state index in [9.17, 15) is 9.59 Å². The van der Waals surface area contributed by atoms with Crippen molar-refractivity contribution >= 4 is 40.6 Å². The molecule has 0 spiro atoms. The molecule has 0 N–H and O–H groups in total. The van der Waals surface area contributed by atoms with Crippen LogP contribution in [0.5, 0.6) is 11.5 Å². The van der Waals surface area contributed by atoms with E-state index in [1.54, 1.807) is 49.5 Å². The number of aliphatic imine (C=N–C) groups is 1. The molecule has 0 unspecified atom stereocenters. The van der Waals surface area contributed by atoms with Crippen LogP contribution >= 0.6 is 11.8 Å². The molecule has 2 aromatic carbocycles. The fourth-order valence-corrected chi connectivity index (χ4v) is 3.81. The van der Waals surface area contributed by atoms with Gasteiger partial charge in [0, 0.05) is 7.05 Å². The SMILES string of the molecule is C#CCOc1ccc(/C=C2\SC(=Nc3ccc(C(=O)OC)cc3)N(C)C2=O)cc1OCC. The molecule has 1 heterocycles. The summed E-state index contributed by atoms with van der Waals surface area (Å²) in [4.78, 5) is 30.8. The Hall–Kier alpha value is -3.70. The van der Waals surface area contributed by atoms with E-state index in [1.807, 2.05) is 13.0 Å². The fraction of sp³-hybridized carbons (Fsp3) is 0.208. The lowest BCUT2D eigenvalue weighted by atomic mass is 10.2. The van der Waals surface area contributed by atoms with E-state index in [4.69, 9.17) is 20.6 Å². The molecule has 0 radical (unpaired) electrons. The van der Waals surface area contributed by atoms with Crippen LogP contribution in [0, 0.1) is 12.3 Å². The number of thioether (sulfide) groups is 1. The van der Waals surface area contributed by atoms with Crippen LogP contribution in [0.4, 0.5) is 5.69 Å². The zero-order valence-corrected chi connectivity index (χ0v) is 18.8. The van der Waals surface area contributed by atoms with Gasteiger partial charge in [-0.3, -0.25) is 9.69 Å². The zero-order valence-electron chi connectivity index (χ0n) is 18.0. The number of esters is 1. The number of amides is 1. The van der Waals surface area contributed by atoms with Crippen LogP contribution in [0.3, 0.4) is 0 Å². The van der Waals surface area contributed by atoms with Gasteiger partial charge < -0.3 is 14.2 Å². The third-order valence-corrected chi connectivity index (χ3v) is 5.45. The number of hydrogen-bond donors (Lipinski definition) is 0. The monoisotopic (exact) mass is 450 g/mol. The maximum absolute atomic E-state index is 12.7. The third-order valence-electron chi connectivity index (χ3n) is 4.39. The molecule has 1 amide bonds. The molecule has 0 aromatic heterocycles. The number of likely N-dealkylation sites (N-methyl/N-ethyl adjacent to an activating group) is 1. The van der Waals surface area contributed by atoms with Crippen LogP contribution in [0.2, 0.25) is 0 Å². The van der Waals surface area contributed by atoms with Gasteiger partial charge in [0.15, 0.2) is 16.7 Å². The minimum Gasteiger partial charge on any atom is -0.490 e. The number of benzene rings is 2. The highest BCUT2D eigenvalue weighted by Crippen LogP contribution is 2.35. The number of nitrogens with zero attached hydrogens (tertiary/aromatic N) is 2. The number of carbonyl (C=O) groups excluding carboxylic acids is 2. The van der Waals surface area contributed by atoms with Crippen molar-refractivity contribution in [3.63, 3.8) is 0 Å². The second-order valence-electron chi connectivity index (χ2n) is 6.54. The number of amidine groups is 1. The standard InChI is InChI=1S/C24H22N2O5S/c1-5-13-31-19-12-7-16(14-20(19)30-6-2)15-21-22(27)26(3)24(32-21)25-18-10-8-17(9-11-18)23(28)29-4/h1,7-12,14-15H,6,13H2,2-4H3/b21-15-,25-24?. The summed E-state index contributed by atoms with van der Waals surface area (Å²) in [7, 11) is 3.00. The van der Waals surface area contributed by atoms with Gasteiger partial charge in [-0.1, -0.05) is 12.0 Å². The van der Waals surface area contributed by atoms with Crippen molar-refractivity contribution in [1.82, 2.24) is 4.90 Å². The lowest BCUT2D eigenvalue weighted by Gasteiger charge is -2.11. The third kappa shape index (κ3) is 5.31. The van der Waals surface area contributed by atoms with Gasteiger partial charge in [0.2, 0.25) is 0 Å². The number of terminal acetylenes is 1. The summed E-state index contributed by atoms with van der Waals surface area (Å²) in [6, 6.07) is 12.0. The Labute approximate surface area is 191 Å². The normalized spacial score (nSPS) is 15.7. The molecule has 1 saturated heterocycles. The lowest BCUT2D eigenvalue weighted by Crippen LogP contribution is -2.23. The summed E-state index contributed by atoms with van der Waals surface area (Å²) in [5.41, 5.74) is 1.84. The quantitative estimate of drug-likeness (QED) is 0.359. The predicted molar refractivity (Wildman–Crippen MR) is 125 cm³/mol. The number of ether oxygens (including phenoxy) is 3.